The van der Waals surface area contributed by atoms with Gasteiger partial charge in [-0.2, -0.15) is 0 Å². The average Bonchev–Trinajstić information content (AvgIpc) is 2.85. The van der Waals surface area contributed by atoms with E-state index in [-0.39, 0.29) is 0 Å². The van der Waals surface area contributed by atoms with E-state index in [0.29, 0.717) is 21.5 Å². The van der Waals surface area contributed by atoms with Gasteiger partial charge in [0.1, 0.15) is 4.21 Å². The fraction of sp³-hybridized carbons (Fsp3) is 0.600. The summed E-state index contributed by atoms with van der Waals surface area (Å²) in [7, 11) is -3.27. The molecule has 0 bridgehead atoms. The summed E-state index contributed by atoms with van der Waals surface area (Å²) in [6.45, 7) is 0.558. The van der Waals surface area contributed by atoms with Crippen molar-refractivity contribution < 1.29 is 8.42 Å². The minimum absolute atomic E-state index is 0.404. The van der Waals surface area contributed by atoms with E-state index in [4.69, 9.17) is 0 Å². The van der Waals surface area contributed by atoms with Gasteiger partial charge in [0, 0.05) is 11.4 Å². The second kappa shape index (κ2) is 5.16. The molecule has 3 nitrogen and oxygen atoms in total. The molecule has 0 amide bonds. The van der Waals surface area contributed by atoms with Crippen molar-refractivity contribution in [1.82, 2.24) is 4.72 Å². The van der Waals surface area contributed by atoms with Gasteiger partial charge in [-0.1, -0.05) is 22.0 Å². The zero-order valence-electron chi connectivity index (χ0n) is 8.73. The van der Waals surface area contributed by atoms with Gasteiger partial charge in [-0.3, -0.25) is 0 Å². The van der Waals surface area contributed by atoms with E-state index in [1.54, 1.807) is 17.5 Å². The Morgan fingerprint density at radius 3 is 2.88 bits per heavy atom. The average molecular weight is 324 g/mol. The first-order chi connectivity index (χ1) is 7.58. The molecule has 2 unspecified atom stereocenters. The Morgan fingerprint density at radius 2 is 2.31 bits per heavy atom. The van der Waals surface area contributed by atoms with Gasteiger partial charge in [-0.25, -0.2) is 13.1 Å². The molecule has 1 N–H and O–H groups in total. The SMILES string of the molecule is O=S(=O)(NCC1CCC(Br)C1)c1cccs1. The van der Waals surface area contributed by atoms with Crippen LogP contribution in [0.3, 0.4) is 0 Å². The molecular formula is C10H14BrNO2S2. The van der Waals surface area contributed by atoms with Crippen LogP contribution in [-0.4, -0.2) is 19.8 Å². The van der Waals surface area contributed by atoms with Gasteiger partial charge in [0.2, 0.25) is 10.0 Å². The van der Waals surface area contributed by atoms with Gasteiger partial charge in [0.05, 0.1) is 0 Å². The summed E-state index contributed by atoms with van der Waals surface area (Å²) in [4.78, 5) is 0.559. The molecule has 0 saturated heterocycles. The molecule has 0 aromatic carbocycles. The molecule has 90 valence electrons. The summed E-state index contributed by atoms with van der Waals surface area (Å²) in [6, 6.07) is 3.39. The van der Waals surface area contributed by atoms with Crippen molar-refractivity contribution in [3.8, 4) is 0 Å². The number of rotatable bonds is 4. The molecule has 1 fully saturated rings. The third-order valence-electron chi connectivity index (χ3n) is 2.80. The van der Waals surface area contributed by atoms with Crippen LogP contribution in [0.5, 0.6) is 0 Å². The van der Waals surface area contributed by atoms with Gasteiger partial charge < -0.3 is 0 Å². The van der Waals surface area contributed by atoms with Crippen molar-refractivity contribution in [2.75, 3.05) is 6.54 Å². The Kier molecular flexibility index (Phi) is 4.05. The molecule has 1 aromatic heterocycles. The van der Waals surface area contributed by atoms with Crippen molar-refractivity contribution in [2.24, 2.45) is 5.92 Å². The molecule has 1 aliphatic rings. The van der Waals surface area contributed by atoms with Crippen LogP contribution in [0.2, 0.25) is 0 Å². The fourth-order valence-electron chi connectivity index (χ4n) is 1.91. The number of nitrogens with one attached hydrogen (secondary N) is 1. The van der Waals surface area contributed by atoms with Crippen LogP contribution in [0.15, 0.2) is 21.7 Å². The van der Waals surface area contributed by atoms with Crippen molar-refractivity contribution in [3.05, 3.63) is 17.5 Å². The summed E-state index contributed by atoms with van der Waals surface area (Å²) in [5.41, 5.74) is 0. The van der Waals surface area contributed by atoms with Crippen LogP contribution >= 0.6 is 27.3 Å². The third kappa shape index (κ3) is 3.06. The van der Waals surface area contributed by atoms with Crippen molar-refractivity contribution in [3.63, 3.8) is 0 Å². The van der Waals surface area contributed by atoms with E-state index in [1.165, 1.54) is 11.3 Å². The fourth-order valence-corrected chi connectivity index (χ4v) is 4.86. The maximum absolute atomic E-state index is 11.8. The number of thiophene rings is 1. The summed E-state index contributed by atoms with van der Waals surface area (Å²) in [6.07, 6.45) is 3.31. The molecule has 1 saturated carbocycles. The van der Waals surface area contributed by atoms with Crippen LogP contribution in [0.25, 0.3) is 0 Å². The Morgan fingerprint density at radius 1 is 1.50 bits per heavy atom. The largest absolute Gasteiger partial charge is 0.250 e. The maximum Gasteiger partial charge on any atom is 0.250 e. The van der Waals surface area contributed by atoms with E-state index < -0.39 is 10.0 Å². The quantitative estimate of drug-likeness (QED) is 0.866. The predicted molar refractivity (Wildman–Crippen MR) is 69.6 cm³/mol. The van der Waals surface area contributed by atoms with Crippen LogP contribution in [0.1, 0.15) is 19.3 Å². The first-order valence-corrected chi connectivity index (χ1v) is 8.53. The standard InChI is InChI=1S/C10H14BrNO2S2/c11-9-4-3-8(6-9)7-12-16(13,14)10-2-1-5-15-10/h1-2,5,8-9,12H,3-4,6-7H2. The van der Waals surface area contributed by atoms with Gasteiger partial charge in [0.25, 0.3) is 0 Å². The summed E-state index contributed by atoms with van der Waals surface area (Å²) in [5, 5.41) is 1.78. The topological polar surface area (TPSA) is 46.2 Å². The zero-order chi connectivity index (χ0) is 11.6. The Labute approximate surface area is 108 Å². The smallest absolute Gasteiger partial charge is 0.210 e. The lowest BCUT2D eigenvalue weighted by Crippen LogP contribution is -2.28. The van der Waals surface area contributed by atoms with Crippen molar-refractivity contribution in [2.45, 2.75) is 28.3 Å². The van der Waals surface area contributed by atoms with Gasteiger partial charge >= 0.3 is 0 Å². The highest BCUT2D eigenvalue weighted by molar-refractivity contribution is 9.09. The highest BCUT2D eigenvalue weighted by atomic mass is 79.9. The summed E-state index contributed by atoms with van der Waals surface area (Å²) in [5.74, 6) is 0.471. The molecule has 2 atom stereocenters. The first kappa shape index (κ1) is 12.5. The molecule has 0 radical (unpaired) electrons. The van der Waals surface area contributed by atoms with Crippen LogP contribution in [-0.2, 0) is 10.0 Å². The van der Waals surface area contributed by atoms with Gasteiger partial charge in [0.15, 0.2) is 0 Å². The number of hydrogen-bond donors (Lipinski definition) is 1. The monoisotopic (exact) mass is 323 g/mol. The lowest BCUT2D eigenvalue weighted by atomic mass is 10.1. The molecule has 2 rings (SSSR count). The molecule has 1 aliphatic carbocycles. The second-order valence-corrected chi connectivity index (χ2v) is 8.30. The van der Waals surface area contributed by atoms with Crippen LogP contribution in [0, 0.1) is 5.92 Å². The van der Waals surface area contributed by atoms with E-state index in [2.05, 4.69) is 20.7 Å². The number of hydrogen-bond acceptors (Lipinski definition) is 3. The Balaban J connectivity index is 1.91. The minimum Gasteiger partial charge on any atom is -0.210 e. The second-order valence-electron chi connectivity index (χ2n) is 4.06. The third-order valence-corrected chi connectivity index (χ3v) is 6.45. The van der Waals surface area contributed by atoms with Crippen molar-refractivity contribution in [1.29, 1.82) is 0 Å². The van der Waals surface area contributed by atoms with Crippen molar-refractivity contribution >= 4 is 37.3 Å². The molecule has 1 aromatic rings. The predicted octanol–water partition coefficient (Wildman–Crippen LogP) is 2.59. The molecule has 0 aliphatic heterocycles. The van der Waals surface area contributed by atoms with E-state index in [9.17, 15) is 8.42 Å². The van der Waals surface area contributed by atoms with E-state index >= 15 is 0 Å². The maximum atomic E-state index is 11.8. The van der Waals surface area contributed by atoms with E-state index in [0.717, 1.165) is 19.3 Å². The van der Waals surface area contributed by atoms with Crippen LogP contribution < -0.4 is 4.72 Å². The minimum atomic E-state index is -3.27. The normalized spacial score (nSPS) is 26.1. The lowest BCUT2D eigenvalue weighted by Gasteiger charge is -2.10. The van der Waals surface area contributed by atoms with Gasteiger partial charge in [-0.15, -0.1) is 11.3 Å². The summed E-state index contributed by atoms with van der Waals surface area (Å²) >= 11 is 4.82. The van der Waals surface area contributed by atoms with Gasteiger partial charge in [-0.05, 0) is 36.6 Å². The highest BCUT2D eigenvalue weighted by Gasteiger charge is 2.24. The molecule has 1 heterocycles. The molecule has 0 spiro atoms. The molecule has 16 heavy (non-hydrogen) atoms. The lowest BCUT2D eigenvalue weighted by molar-refractivity contribution is 0.521. The number of alkyl halides is 1. The molecular weight excluding hydrogens is 310 g/mol. The highest BCUT2D eigenvalue weighted by Crippen LogP contribution is 2.30. The Bertz CT molecular complexity index is 430. The number of halogens is 1. The summed E-state index contributed by atoms with van der Waals surface area (Å²) < 4.78 is 26.7. The van der Waals surface area contributed by atoms with E-state index in [1.807, 2.05) is 0 Å². The number of sulfonamides is 1. The first-order valence-electron chi connectivity index (χ1n) is 5.25. The zero-order valence-corrected chi connectivity index (χ0v) is 11.9. The van der Waals surface area contributed by atoms with Crippen LogP contribution in [0.4, 0.5) is 0 Å². The molecule has 6 heteroatoms. The Hall–Kier alpha value is 0.0900.